The van der Waals surface area contributed by atoms with E-state index in [1.807, 2.05) is 43.3 Å². The minimum atomic E-state index is -0.294. The first-order valence-corrected chi connectivity index (χ1v) is 10.5. The van der Waals surface area contributed by atoms with E-state index in [4.69, 9.17) is 11.6 Å². The lowest BCUT2D eigenvalue weighted by Crippen LogP contribution is -2.27. The van der Waals surface area contributed by atoms with Crippen molar-refractivity contribution in [3.8, 4) is 0 Å². The number of carbonyl (C=O) groups is 3. The van der Waals surface area contributed by atoms with E-state index in [1.165, 1.54) is 4.90 Å². The molecule has 30 heavy (non-hydrogen) atoms. The third kappa shape index (κ3) is 5.59. The van der Waals surface area contributed by atoms with Gasteiger partial charge in [-0.05, 0) is 77.7 Å². The smallest absolute Gasteiger partial charge is 0.293 e. The van der Waals surface area contributed by atoms with Crippen LogP contribution in [-0.4, -0.2) is 22.3 Å². The average molecular weight is 438 g/mol. The predicted molar refractivity (Wildman–Crippen MR) is 123 cm³/mol. The number of thioether (sulfide) groups is 1. The minimum absolute atomic E-state index is 0.219. The predicted octanol–water partition coefficient (Wildman–Crippen LogP) is 6.13. The summed E-state index contributed by atoms with van der Waals surface area (Å²) >= 11 is 6.83. The van der Waals surface area contributed by atoms with Gasteiger partial charge in [0, 0.05) is 5.02 Å². The normalized spacial score (nSPS) is 16.5. The van der Waals surface area contributed by atoms with E-state index in [0.717, 1.165) is 40.3 Å². The van der Waals surface area contributed by atoms with Crippen LogP contribution in [0.4, 0.5) is 4.79 Å². The second-order valence-electron chi connectivity index (χ2n) is 6.96. The Bertz CT molecular complexity index is 1070. The van der Waals surface area contributed by atoms with Gasteiger partial charge in [0.05, 0.1) is 11.4 Å². The van der Waals surface area contributed by atoms with Gasteiger partial charge in [0.2, 0.25) is 0 Å². The topological polar surface area (TPSA) is 54.5 Å². The zero-order chi connectivity index (χ0) is 21.7. The number of rotatable bonds is 6. The van der Waals surface area contributed by atoms with Crippen LogP contribution in [0.5, 0.6) is 0 Å². The Balaban J connectivity index is 1.72. The van der Waals surface area contributed by atoms with E-state index in [0.29, 0.717) is 15.5 Å². The second-order valence-corrected chi connectivity index (χ2v) is 8.39. The first-order chi connectivity index (χ1) is 14.4. The lowest BCUT2D eigenvalue weighted by Gasteiger charge is -2.12. The van der Waals surface area contributed by atoms with Gasteiger partial charge >= 0.3 is 0 Å². The highest BCUT2D eigenvalue weighted by Crippen LogP contribution is 2.33. The fourth-order valence-electron chi connectivity index (χ4n) is 2.91. The molecule has 152 valence electrons. The Labute approximate surface area is 184 Å². The van der Waals surface area contributed by atoms with E-state index in [9.17, 15) is 14.4 Å². The molecule has 0 saturated carbocycles. The molecule has 0 N–H and O–H groups in total. The van der Waals surface area contributed by atoms with Gasteiger partial charge in [-0.2, -0.15) is 0 Å². The monoisotopic (exact) mass is 437 g/mol. The molecule has 1 aliphatic rings. The standard InChI is InChI=1S/C24H20ClNO3S/c1-16(11-18-3-5-19(6-4-18)12-17(2)15-27)13-22-23(28)26(24(29)30-22)14-20-7-9-21(25)10-8-20/h3-13,15H,14H2,1-2H3/b16-11+,17-12+,22-13-. The molecule has 0 aliphatic carbocycles. The summed E-state index contributed by atoms with van der Waals surface area (Å²) < 4.78 is 0. The summed E-state index contributed by atoms with van der Waals surface area (Å²) in [6, 6.07) is 14.8. The van der Waals surface area contributed by atoms with Crippen molar-refractivity contribution in [1.82, 2.24) is 4.90 Å². The Kier molecular flexibility index (Phi) is 7.08. The highest BCUT2D eigenvalue weighted by Gasteiger charge is 2.34. The Morgan fingerprint density at radius 3 is 2.07 bits per heavy atom. The molecule has 2 amide bonds. The van der Waals surface area contributed by atoms with Gasteiger partial charge in [-0.1, -0.05) is 54.1 Å². The van der Waals surface area contributed by atoms with Crippen LogP contribution in [0.25, 0.3) is 12.2 Å². The molecule has 6 heteroatoms. The molecule has 3 rings (SSSR count). The second kappa shape index (κ2) is 9.74. The van der Waals surface area contributed by atoms with Crippen LogP contribution in [0.3, 0.4) is 0 Å². The third-order valence-electron chi connectivity index (χ3n) is 4.40. The number of imide groups is 1. The van der Waals surface area contributed by atoms with Gasteiger partial charge in [-0.25, -0.2) is 0 Å². The van der Waals surface area contributed by atoms with Crippen LogP contribution < -0.4 is 0 Å². The maximum atomic E-state index is 12.7. The molecule has 2 aromatic carbocycles. The molecule has 0 aromatic heterocycles. The number of hydrogen-bond donors (Lipinski definition) is 0. The number of aldehydes is 1. The summed E-state index contributed by atoms with van der Waals surface area (Å²) in [6.45, 7) is 3.86. The van der Waals surface area contributed by atoms with Crippen LogP contribution in [0.15, 0.2) is 70.7 Å². The third-order valence-corrected chi connectivity index (χ3v) is 5.56. The quantitative estimate of drug-likeness (QED) is 0.403. The van der Waals surface area contributed by atoms with E-state index < -0.39 is 0 Å². The molecule has 2 aromatic rings. The zero-order valence-electron chi connectivity index (χ0n) is 16.6. The van der Waals surface area contributed by atoms with Crippen LogP contribution in [0.1, 0.15) is 30.5 Å². The molecule has 1 saturated heterocycles. The molecular weight excluding hydrogens is 418 g/mol. The maximum Gasteiger partial charge on any atom is 0.293 e. The number of halogens is 1. The van der Waals surface area contributed by atoms with Gasteiger partial charge in [0.1, 0.15) is 6.29 Å². The van der Waals surface area contributed by atoms with E-state index >= 15 is 0 Å². The summed E-state index contributed by atoms with van der Waals surface area (Å²) in [5.74, 6) is -0.294. The minimum Gasteiger partial charge on any atom is -0.298 e. The van der Waals surface area contributed by atoms with Crippen molar-refractivity contribution < 1.29 is 14.4 Å². The molecule has 1 fully saturated rings. The molecule has 4 nitrogen and oxygen atoms in total. The summed E-state index contributed by atoms with van der Waals surface area (Å²) in [5, 5.41) is 0.326. The van der Waals surface area contributed by atoms with Gasteiger partial charge in [-0.15, -0.1) is 0 Å². The highest BCUT2D eigenvalue weighted by molar-refractivity contribution is 8.18. The van der Waals surface area contributed by atoms with Crippen molar-refractivity contribution in [2.75, 3.05) is 0 Å². The molecule has 0 unspecified atom stereocenters. The van der Waals surface area contributed by atoms with Crippen LogP contribution in [-0.2, 0) is 16.1 Å². The average Bonchev–Trinajstić information content (AvgIpc) is 2.98. The van der Waals surface area contributed by atoms with Crippen molar-refractivity contribution in [3.05, 3.63) is 92.4 Å². The van der Waals surface area contributed by atoms with E-state index in [-0.39, 0.29) is 17.7 Å². The van der Waals surface area contributed by atoms with Crippen molar-refractivity contribution >= 4 is 52.9 Å². The van der Waals surface area contributed by atoms with Crippen LogP contribution in [0.2, 0.25) is 5.02 Å². The molecule has 0 atom stereocenters. The fraction of sp³-hybridized carbons (Fsp3) is 0.125. The van der Waals surface area contributed by atoms with Crippen LogP contribution >= 0.6 is 23.4 Å². The summed E-state index contributed by atoms with van der Waals surface area (Å²) in [6.07, 6.45) is 6.30. The number of allylic oxidation sites excluding steroid dienone is 3. The Morgan fingerprint density at radius 1 is 0.933 bits per heavy atom. The fourth-order valence-corrected chi connectivity index (χ4v) is 3.92. The maximum absolute atomic E-state index is 12.7. The molecule has 0 radical (unpaired) electrons. The number of hydrogen-bond acceptors (Lipinski definition) is 4. The summed E-state index contributed by atoms with van der Waals surface area (Å²) in [4.78, 5) is 37.4. The summed E-state index contributed by atoms with van der Waals surface area (Å²) in [5.41, 5.74) is 4.26. The molecular formula is C24H20ClNO3S. The Morgan fingerprint density at radius 2 is 1.50 bits per heavy atom. The van der Waals surface area contributed by atoms with Crippen molar-refractivity contribution in [1.29, 1.82) is 0 Å². The first kappa shape index (κ1) is 21.8. The van der Waals surface area contributed by atoms with Gasteiger partial charge in [0.15, 0.2) is 0 Å². The lowest BCUT2D eigenvalue weighted by molar-refractivity contribution is -0.123. The van der Waals surface area contributed by atoms with E-state index in [1.54, 1.807) is 37.3 Å². The molecule has 0 bridgehead atoms. The Hall–Kier alpha value is -2.89. The first-order valence-electron chi connectivity index (χ1n) is 9.27. The largest absolute Gasteiger partial charge is 0.298 e. The SMILES string of the molecule is C/C(C=O)=C\c1ccc(/C=C(C)/C=C2\SC(=O)N(Cc3ccc(Cl)cc3)C2=O)cc1. The number of benzene rings is 2. The highest BCUT2D eigenvalue weighted by atomic mass is 35.5. The zero-order valence-corrected chi connectivity index (χ0v) is 18.2. The van der Waals surface area contributed by atoms with Crippen molar-refractivity contribution in [2.24, 2.45) is 0 Å². The number of amides is 2. The van der Waals surface area contributed by atoms with Crippen molar-refractivity contribution in [2.45, 2.75) is 20.4 Å². The molecule has 0 spiro atoms. The summed E-state index contributed by atoms with van der Waals surface area (Å²) in [7, 11) is 0. The van der Waals surface area contributed by atoms with Gasteiger partial charge in [-0.3, -0.25) is 19.3 Å². The molecule has 1 aliphatic heterocycles. The van der Waals surface area contributed by atoms with Crippen molar-refractivity contribution in [3.63, 3.8) is 0 Å². The van der Waals surface area contributed by atoms with Crippen LogP contribution in [0, 0.1) is 0 Å². The number of nitrogens with zero attached hydrogens (tertiary/aromatic N) is 1. The van der Waals surface area contributed by atoms with Gasteiger partial charge in [0.25, 0.3) is 11.1 Å². The van der Waals surface area contributed by atoms with E-state index in [2.05, 4.69) is 0 Å². The molecule has 1 heterocycles. The lowest BCUT2D eigenvalue weighted by atomic mass is 10.1. The van der Waals surface area contributed by atoms with Gasteiger partial charge < -0.3 is 0 Å². The number of carbonyl (C=O) groups excluding carboxylic acids is 3.